The van der Waals surface area contributed by atoms with E-state index in [0.29, 0.717) is 13.2 Å². The summed E-state index contributed by atoms with van der Waals surface area (Å²) in [5, 5.41) is 4.47. The highest BCUT2D eigenvalue weighted by atomic mass is 16.1. The Labute approximate surface area is 123 Å². The topological polar surface area (TPSA) is 58.7 Å². The summed E-state index contributed by atoms with van der Waals surface area (Å²) in [7, 11) is 0. The first-order valence-corrected chi connectivity index (χ1v) is 7.05. The molecule has 2 N–H and O–H groups in total. The molecule has 0 aliphatic carbocycles. The molecule has 21 heavy (non-hydrogen) atoms. The van der Waals surface area contributed by atoms with Gasteiger partial charge in [-0.1, -0.05) is 36.4 Å². The van der Waals surface area contributed by atoms with Crippen molar-refractivity contribution in [3.05, 3.63) is 47.0 Å². The minimum absolute atomic E-state index is 0.291. The Hall–Kier alpha value is -2.36. The van der Waals surface area contributed by atoms with Gasteiger partial charge >= 0.3 is 0 Å². The van der Waals surface area contributed by atoms with Crippen LogP contribution in [-0.2, 0) is 4.79 Å². The van der Waals surface area contributed by atoms with Crippen LogP contribution in [-0.4, -0.2) is 24.0 Å². The Bertz CT molecular complexity index is 824. The molecule has 0 unspecified atom stereocenters. The van der Waals surface area contributed by atoms with Crippen molar-refractivity contribution in [2.75, 3.05) is 13.2 Å². The van der Waals surface area contributed by atoms with Gasteiger partial charge in [0.25, 0.3) is 0 Å². The van der Waals surface area contributed by atoms with Crippen LogP contribution >= 0.6 is 0 Å². The monoisotopic (exact) mass is 281 g/mol. The van der Waals surface area contributed by atoms with E-state index < -0.39 is 5.41 Å². The van der Waals surface area contributed by atoms with E-state index >= 15 is 0 Å². The van der Waals surface area contributed by atoms with Gasteiger partial charge in [0.05, 0.1) is 10.8 Å². The summed E-state index contributed by atoms with van der Waals surface area (Å²) < 4.78 is 0. The predicted octanol–water partition coefficient (Wildman–Crippen LogP) is 0.982. The standard InChI is InChI=1S/C17H19N3O/c1-17(2,16(18)21)10-20-9-13-8-7-12-5-3-4-6-14(12)15(13)19-11-20/h3-9H,10-11H2,1-2H3,(H2,18,21). The van der Waals surface area contributed by atoms with E-state index in [9.17, 15) is 4.79 Å². The van der Waals surface area contributed by atoms with Crippen LogP contribution in [0.4, 0.5) is 0 Å². The van der Waals surface area contributed by atoms with Crippen LogP contribution in [0.5, 0.6) is 0 Å². The van der Waals surface area contributed by atoms with Gasteiger partial charge in [-0.15, -0.1) is 0 Å². The summed E-state index contributed by atoms with van der Waals surface area (Å²) >= 11 is 0. The second-order valence-corrected chi connectivity index (χ2v) is 6.15. The molecular weight excluding hydrogens is 262 g/mol. The smallest absolute Gasteiger partial charge is 0.224 e. The van der Waals surface area contributed by atoms with Crippen molar-refractivity contribution < 1.29 is 4.79 Å². The van der Waals surface area contributed by atoms with E-state index in [1.807, 2.05) is 30.9 Å². The molecule has 108 valence electrons. The van der Waals surface area contributed by atoms with E-state index in [4.69, 9.17) is 5.73 Å². The zero-order chi connectivity index (χ0) is 15.0. The third-order valence-electron chi connectivity index (χ3n) is 3.93. The third kappa shape index (κ3) is 2.49. The van der Waals surface area contributed by atoms with E-state index in [1.165, 1.54) is 10.8 Å². The molecule has 2 aromatic carbocycles. The zero-order valence-corrected chi connectivity index (χ0v) is 12.3. The van der Waals surface area contributed by atoms with E-state index in [1.54, 1.807) is 0 Å². The van der Waals surface area contributed by atoms with Crippen LogP contribution in [0.3, 0.4) is 0 Å². The van der Waals surface area contributed by atoms with Gasteiger partial charge in [-0.25, -0.2) is 0 Å². The summed E-state index contributed by atoms with van der Waals surface area (Å²) in [6, 6.07) is 12.4. The molecule has 1 aliphatic heterocycles. The number of nitrogens with zero attached hydrogens (tertiary/aromatic N) is 2. The zero-order valence-electron chi connectivity index (χ0n) is 12.3. The maximum absolute atomic E-state index is 11.5. The van der Waals surface area contributed by atoms with Crippen molar-refractivity contribution in [2.45, 2.75) is 13.8 Å². The highest BCUT2D eigenvalue weighted by molar-refractivity contribution is 5.82. The first-order valence-electron chi connectivity index (χ1n) is 7.05. The average molecular weight is 281 g/mol. The Morgan fingerprint density at radius 3 is 2.81 bits per heavy atom. The Kier molecular flexibility index (Phi) is 3.16. The van der Waals surface area contributed by atoms with Crippen molar-refractivity contribution in [1.82, 2.24) is 4.90 Å². The van der Waals surface area contributed by atoms with E-state index in [0.717, 1.165) is 10.6 Å². The average Bonchev–Trinajstić information content (AvgIpc) is 2.46. The van der Waals surface area contributed by atoms with Crippen LogP contribution in [0, 0.1) is 5.41 Å². The Morgan fingerprint density at radius 2 is 2.05 bits per heavy atom. The van der Waals surface area contributed by atoms with Gasteiger partial charge in [0.2, 0.25) is 5.91 Å². The molecule has 4 heteroatoms. The van der Waals surface area contributed by atoms with Gasteiger partial charge in [0, 0.05) is 23.3 Å². The molecular formula is C17H19N3O. The number of rotatable bonds is 3. The largest absolute Gasteiger partial charge is 0.369 e. The predicted molar refractivity (Wildman–Crippen MR) is 83.7 cm³/mol. The number of fused-ring (bicyclic) bond motifs is 3. The first-order chi connectivity index (χ1) is 9.97. The molecule has 1 heterocycles. The van der Waals surface area contributed by atoms with Crippen molar-refractivity contribution in [3.8, 4) is 0 Å². The number of hydrogen-bond donors (Lipinski definition) is 1. The lowest BCUT2D eigenvalue weighted by atomic mass is 9.92. The summed E-state index contributed by atoms with van der Waals surface area (Å²) in [6.07, 6.45) is 2.07. The van der Waals surface area contributed by atoms with Crippen molar-refractivity contribution in [3.63, 3.8) is 0 Å². The van der Waals surface area contributed by atoms with Crippen LogP contribution in [0.25, 0.3) is 17.0 Å². The molecule has 3 rings (SSSR count). The van der Waals surface area contributed by atoms with Gasteiger partial charge in [0.15, 0.2) is 0 Å². The number of carbonyl (C=O) groups excluding carboxylic acids is 1. The summed E-state index contributed by atoms with van der Waals surface area (Å²) in [6.45, 7) is 4.84. The SMILES string of the molecule is CC(C)(CN1C=c2ccc3ccccc3c2=NC1)C(N)=O. The highest BCUT2D eigenvalue weighted by Crippen LogP contribution is 2.17. The molecule has 1 aliphatic rings. The molecule has 0 bridgehead atoms. The molecule has 0 saturated carbocycles. The van der Waals surface area contributed by atoms with E-state index in [-0.39, 0.29) is 5.91 Å². The van der Waals surface area contributed by atoms with Gasteiger partial charge in [0.1, 0.15) is 6.67 Å². The van der Waals surface area contributed by atoms with Crippen molar-refractivity contribution in [1.29, 1.82) is 0 Å². The number of nitrogens with two attached hydrogens (primary N) is 1. The fourth-order valence-electron chi connectivity index (χ4n) is 2.63. The maximum Gasteiger partial charge on any atom is 0.224 e. The number of amides is 1. The van der Waals surface area contributed by atoms with Gasteiger partial charge in [-0.2, -0.15) is 0 Å². The maximum atomic E-state index is 11.5. The highest BCUT2D eigenvalue weighted by Gasteiger charge is 2.27. The molecule has 0 radical (unpaired) electrons. The van der Waals surface area contributed by atoms with Crippen LogP contribution in [0.15, 0.2) is 41.4 Å². The summed E-state index contributed by atoms with van der Waals surface area (Å²) in [5.74, 6) is -0.291. The Balaban J connectivity index is 2.02. The van der Waals surface area contributed by atoms with Gasteiger partial charge in [-0.05, 0) is 19.2 Å². The molecule has 0 aromatic heterocycles. The molecule has 0 spiro atoms. The molecule has 1 amide bonds. The van der Waals surface area contributed by atoms with Gasteiger partial charge < -0.3 is 10.6 Å². The van der Waals surface area contributed by atoms with Crippen molar-refractivity contribution >= 4 is 22.9 Å². The first kappa shape index (κ1) is 13.6. The minimum atomic E-state index is -0.569. The number of carbonyl (C=O) groups is 1. The van der Waals surface area contributed by atoms with Crippen LogP contribution in [0.2, 0.25) is 0 Å². The van der Waals surface area contributed by atoms with E-state index in [2.05, 4.69) is 35.5 Å². The lowest BCUT2D eigenvalue weighted by molar-refractivity contribution is -0.126. The second-order valence-electron chi connectivity index (χ2n) is 6.15. The van der Waals surface area contributed by atoms with Crippen LogP contribution in [0.1, 0.15) is 13.8 Å². The minimum Gasteiger partial charge on any atom is -0.369 e. The summed E-state index contributed by atoms with van der Waals surface area (Å²) in [4.78, 5) is 18.2. The molecule has 2 aromatic rings. The molecule has 0 fully saturated rings. The number of primary amides is 1. The second kappa shape index (κ2) is 4.88. The fourth-order valence-corrected chi connectivity index (χ4v) is 2.63. The molecule has 0 saturated heterocycles. The lowest BCUT2D eigenvalue weighted by Crippen LogP contribution is -2.44. The van der Waals surface area contributed by atoms with Crippen LogP contribution < -0.4 is 16.3 Å². The molecule has 4 nitrogen and oxygen atoms in total. The third-order valence-corrected chi connectivity index (χ3v) is 3.93. The van der Waals surface area contributed by atoms with Gasteiger partial charge in [-0.3, -0.25) is 9.79 Å². The quantitative estimate of drug-likeness (QED) is 0.912. The Morgan fingerprint density at radius 1 is 1.29 bits per heavy atom. The lowest BCUT2D eigenvalue weighted by Gasteiger charge is -2.29. The number of benzene rings is 2. The number of hydrogen-bond acceptors (Lipinski definition) is 3. The summed E-state index contributed by atoms with van der Waals surface area (Å²) in [5.41, 5.74) is 4.88. The van der Waals surface area contributed by atoms with Crippen molar-refractivity contribution in [2.24, 2.45) is 16.1 Å². The fraction of sp³-hybridized carbons (Fsp3) is 0.294. The molecule has 0 atom stereocenters. The normalized spacial score (nSPS) is 14.3.